The Balaban J connectivity index is 1.50. The average molecular weight is 519 g/mol. The highest BCUT2D eigenvalue weighted by Crippen LogP contribution is 2.38. The molecule has 0 radical (unpaired) electrons. The monoisotopic (exact) mass is 518 g/mol. The number of sulfonamides is 1. The summed E-state index contributed by atoms with van der Waals surface area (Å²) in [6.07, 6.45) is 1.75. The number of methoxy groups -OCH3 is 1. The van der Waals surface area contributed by atoms with Gasteiger partial charge >= 0.3 is 0 Å². The van der Waals surface area contributed by atoms with E-state index >= 15 is 4.39 Å². The van der Waals surface area contributed by atoms with E-state index in [1.807, 2.05) is 4.72 Å². The SMILES string of the molecule is CO[C@@]1(C)CCN(CC2CCN(c3cc(F)c(S(=O)(=O)Nc4cccc(F)n4)c(F)c3Cl)C2)C1. The molecule has 2 aliphatic rings. The van der Waals surface area contributed by atoms with Gasteiger partial charge in [0.05, 0.1) is 11.3 Å². The second kappa shape index (κ2) is 9.52. The number of aromatic nitrogens is 1. The van der Waals surface area contributed by atoms with Crippen LogP contribution in [0.25, 0.3) is 0 Å². The lowest BCUT2D eigenvalue weighted by molar-refractivity contribution is 0.0140. The van der Waals surface area contributed by atoms with Crippen LogP contribution < -0.4 is 9.62 Å². The maximum absolute atomic E-state index is 15.1. The number of benzene rings is 1. The molecule has 2 aliphatic heterocycles. The Kier molecular flexibility index (Phi) is 7.01. The Morgan fingerprint density at radius 1 is 1.29 bits per heavy atom. The van der Waals surface area contributed by atoms with Crippen LogP contribution in [0.4, 0.5) is 24.7 Å². The molecule has 0 saturated carbocycles. The van der Waals surface area contributed by atoms with Gasteiger partial charge in [-0.05, 0) is 37.8 Å². The van der Waals surface area contributed by atoms with Gasteiger partial charge in [0.15, 0.2) is 10.7 Å². The van der Waals surface area contributed by atoms with E-state index in [0.717, 1.165) is 50.7 Å². The van der Waals surface area contributed by atoms with Crippen molar-refractivity contribution in [2.45, 2.75) is 30.3 Å². The number of halogens is 4. The van der Waals surface area contributed by atoms with Gasteiger partial charge < -0.3 is 14.5 Å². The molecule has 2 atom stereocenters. The van der Waals surface area contributed by atoms with E-state index in [2.05, 4.69) is 16.8 Å². The Bertz CT molecular complexity index is 1190. The summed E-state index contributed by atoms with van der Waals surface area (Å²) in [5, 5.41) is -0.484. The quantitative estimate of drug-likeness (QED) is 0.443. The normalized spacial score (nSPS) is 23.6. The molecular formula is C22H26ClF3N4O3S. The molecule has 1 aromatic carbocycles. The topological polar surface area (TPSA) is 74.8 Å². The standard InChI is InChI=1S/C22H26ClF3N4O3S/c1-22(33-2)7-9-29(13-22)11-14-6-8-30(12-14)16-10-15(24)21(20(26)19(16)23)34(31,32)28-18-5-3-4-17(25)27-18/h3-5,10,14H,6-9,11-13H2,1-2H3,(H,27,28)/t14?,22-/m0/s1. The molecule has 0 amide bonds. The maximum Gasteiger partial charge on any atom is 0.268 e. The molecule has 2 saturated heterocycles. The highest BCUT2D eigenvalue weighted by atomic mass is 35.5. The van der Waals surface area contributed by atoms with Crippen molar-refractivity contribution in [3.63, 3.8) is 0 Å². The van der Waals surface area contributed by atoms with Gasteiger partial charge in [0.1, 0.15) is 16.7 Å². The molecule has 1 unspecified atom stereocenters. The second-order valence-electron chi connectivity index (χ2n) is 9.03. The first-order valence-corrected chi connectivity index (χ1v) is 12.7. The number of hydrogen-bond acceptors (Lipinski definition) is 6. The number of hydrogen-bond donors (Lipinski definition) is 1. The zero-order valence-corrected chi connectivity index (χ0v) is 20.4. The number of anilines is 2. The average Bonchev–Trinajstić information content (AvgIpc) is 3.37. The molecule has 186 valence electrons. The first-order valence-electron chi connectivity index (χ1n) is 10.9. The van der Waals surface area contributed by atoms with E-state index in [1.165, 1.54) is 6.07 Å². The van der Waals surface area contributed by atoms with E-state index < -0.39 is 43.3 Å². The fourth-order valence-electron chi connectivity index (χ4n) is 4.61. The van der Waals surface area contributed by atoms with Crippen LogP contribution in [-0.2, 0) is 14.8 Å². The fraction of sp³-hybridized carbons (Fsp3) is 0.500. The van der Waals surface area contributed by atoms with Crippen molar-refractivity contribution in [1.82, 2.24) is 9.88 Å². The van der Waals surface area contributed by atoms with E-state index in [1.54, 1.807) is 12.0 Å². The summed E-state index contributed by atoms with van der Waals surface area (Å²) in [4.78, 5) is 6.21. The lowest BCUT2D eigenvalue weighted by Gasteiger charge is -2.25. The maximum atomic E-state index is 15.1. The molecule has 1 N–H and O–H groups in total. The van der Waals surface area contributed by atoms with Crippen LogP contribution >= 0.6 is 11.6 Å². The first kappa shape index (κ1) is 25.0. The van der Waals surface area contributed by atoms with E-state index in [0.29, 0.717) is 13.1 Å². The number of nitrogens with one attached hydrogen (secondary N) is 1. The highest BCUT2D eigenvalue weighted by Gasteiger charge is 2.36. The van der Waals surface area contributed by atoms with Crippen LogP contribution in [0, 0.1) is 23.5 Å². The van der Waals surface area contributed by atoms with Gasteiger partial charge in [-0.3, -0.25) is 4.72 Å². The minimum atomic E-state index is -4.75. The first-order chi connectivity index (χ1) is 16.0. The van der Waals surface area contributed by atoms with Gasteiger partial charge in [0, 0.05) is 45.9 Å². The van der Waals surface area contributed by atoms with Crippen molar-refractivity contribution in [1.29, 1.82) is 0 Å². The molecule has 1 aromatic heterocycles. The summed E-state index contributed by atoms with van der Waals surface area (Å²) < 4.78 is 76.0. The molecule has 2 fully saturated rings. The third-order valence-corrected chi connectivity index (χ3v) is 8.22. The minimum Gasteiger partial charge on any atom is -0.377 e. The van der Waals surface area contributed by atoms with E-state index in [4.69, 9.17) is 16.3 Å². The van der Waals surface area contributed by atoms with Gasteiger partial charge in [-0.2, -0.15) is 4.39 Å². The van der Waals surface area contributed by atoms with Crippen LogP contribution in [0.5, 0.6) is 0 Å². The Hall–Kier alpha value is -2.08. The number of pyridine rings is 1. The van der Waals surface area contributed by atoms with Crippen molar-refractivity contribution in [2.24, 2.45) is 5.92 Å². The highest BCUT2D eigenvalue weighted by molar-refractivity contribution is 7.92. The number of nitrogens with zero attached hydrogens (tertiary/aromatic N) is 3. The third kappa shape index (κ3) is 5.12. The summed E-state index contributed by atoms with van der Waals surface area (Å²) in [6, 6.07) is 4.31. The molecule has 2 aromatic rings. The predicted octanol–water partition coefficient (Wildman–Crippen LogP) is 3.89. The van der Waals surface area contributed by atoms with Crippen molar-refractivity contribution in [3.8, 4) is 0 Å². The lowest BCUT2D eigenvalue weighted by Crippen LogP contribution is -2.35. The van der Waals surface area contributed by atoms with Crippen molar-refractivity contribution in [3.05, 3.63) is 46.9 Å². The fourth-order valence-corrected chi connectivity index (χ4v) is 6.08. The van der Waals surface area contributed by atoms with Gasteiger partial charge in [-0.25, -0.2) is 22.2 Å². The summed E-state index contributed by atoms with van der Waals surface area (Å²) >= 11 is 6.18. The second-order valence-corrected chi connectivity index (χ2v) is 11.0. The molecule has 34 heavy (non-hydrogen) atoms. The molecule has 0 bridgehead atoms. The summed E-state index contributed by atoms with van der Waals surface area (Å²) in [7, 11) is -3.04. The zero-order chi connectivity index (χ0) is 24.7. The number of ether oxygens (including phenoxy) is 1. The smallest absolute Gasteiger partial charge is 0.268 e. The zero-order valence-electron chi connectivity index (χ0n) is 18.8. The van der Waals surface area contributed by atoms with Crippen LogP contribution in [-0.4, -0.2) is 63.7 Å². The van der Waals surface area contributed by atoms with Crippen LogP contribution in [0.2, 0.25) is 5.02 Å². The molecule has 12 heteroatoms. The van der Waals surface area contributed by atoms with Gasteiger partial charge in [-0.15, -0.1) is 0 Å². The predicted molar refractivity (Wildman–Crippen MR) is 123 cm³/mol. The molecule has 4 rings (SSSR count). The summed E-state index contributed by atoms with van der Waals surface area (Å²) in [5.41, 5.74) is -0.0605. The van der Waals surface area contributed by atoms with Crippen LogP contribution in [0.15, 0.2) is 29.2 Å². The van der Waals surface area contributed by atoms with Crippen LogP contribution in [0.3, 0.4) is 0 Å². The number of likely N-dealkylation sites (tertiary alicyclic amines) is 1. The van der Waals surface area contributed by atoms with Crippen molar-refractivity contribution >= 4 is 33.1 Å². The van der Waals surface area contributed by atoms with Crippen molar-refractivity contribution < 1.29 is 26.3 Å². The van der Waals surface area contributed by atoms with Crippen LogP contribution in [0.1, 0.15) is 19.8 Å². The van der Waals surface area contributed by atoms with E-state index in [9.17, 15) is 17.2 Å². The van der Waals surface area contributed by atoms with Gasteiger partial charge in [-0.1, -0.05) is 17.7 Å². The Morgan fingerprint density at radius 2 is 2.06 bits per heavy atom. The Labute approximate surface area is 201 Å². The van der Waals surface area contributed by atoms with Crippen molar-refractivity contribution in [2.75, 3.05) is 49.5 Å². The van der Waals surface area contributed by atoms with Gasteiger partial charge in [0.2, 0.25) is 5.95 Å². The third-order valence-electron chi connectivity index (χ3n) is 6.47. The van der Waals surface area contributed by atoms with Gasteiger partial charge in [0.25, 0.3) is 10.0 Å². The number of rotatable bonds is 7. The molecular weight excluding hydrogens is 493 g/mol. The lowest BCUT2D eigenvalue weighted by atomic mass is 10.1. The molecule has 7 nitrogen and oxygen atoms in total. The molecule has 3 heterocycles. The summed E-state index contributed by atoms with van der Waals surface area (Å²) in [5.74, 6) is -3.78. The Morgan fingerprint density at radius 3 is 2.74 bits per heavy atom. The largest absolute Gasteiger partial charge is 0.377 e. The molecule has 0 spiro atoms. The summed E-state index contributed by atoms with van der Waals surface area (Å²) in [6.45, 7) is 5.73. The molecule has 0 aliphatic carbocycles. The van der Waals surface area contributed by atoms with E-state index in [-0.39, 0.29) is 17.2 Å². The minimum absolute atomic E-state index is 0.102.